The van der Waals surface area contributed by atoms with Crippen LogP contribution >= 0.6 is 47.2 Å². The second-order valence-electron chi connectivity index (χ2n) is 5.92. The van der Waals surface area contributed by atoms with Crippen molar-refractivity contribution in [3.8, 4) is 5.69 Å². The molecule has 1 aromatic heterocycles. The van der Waals surface area contributed by atoms with Crippen LogP contribution in [0, 0.1) is 13.8 Å². The van der Waals surface area contributed by atoms with Crippen LogP contribution in [-0.2, 0) is 9.59 Å². The van der Waals surface area contributed by atoms with E-state index in [1.165, 1.54) is 0 Å². The Morgan fingerprint density at radius 1 is 1.26 bits per heavy atom. The molecule has 1 aromatic carbocycles. The number of carbonyl (C=O) groups is 2. The van der Waals surface area contributed by atoms with E-state index in [0.29, 0.717) is 15.0 Å². The third kappa shape index (κ3) is 3.91. The monoisotopic (exact) mass is 440 g/mol. The minimum absolute atomic E-state index is 0.243. The first-order valence-corrected chi connectivity index (χ1v) is 9.78. The Bertz CT molecular complexity index is 1010. The van der Waals surface area contributed by atoms with Crippen LogP contribution in [0.5, 0.6) is 0 Å². The van der Waals surface area contributed by atoms with Crippen LogP contribution in [0.3, 0.4) is 0 Å². The number of aliphatic carboxylic acids is 1. The van der Waals surface area contributed by atoms with Crippen LogP contribution in [0.25, 0.3) is 11.8 Å². The lowest BCUT2D eigenvalue weighted by atomic mass is 10.2. The van der Waals surface area contributed by atoms with Crippen molar-refractivity contribution in [2.45, 2.75) is 13.8 Å². The number of aromatic nitrogens is 1. The number of thioether (sulfide) groups is 1. The highest BCUT2D eigenvalue weighted by atomic mass is 35.5. The molecule has 1 saturated heterocycles. The molecule has 0 bridgehead atoms. The number of carbonyl (C=O) groups excluding carboxylic acids is 1. The first kappa shape index (κ1) is 19.9. The molecule has 5 nitrogen and oxygen atoms in total. The number of rotatable bonds is 4. The lowest BCUT2D eigenvalue weighted by Gasteiger charge is -2.11. The summed E-state index contributed by atoms with van der Waals surface area (Å²) in [6, 6.07) is 7.32. The Morgan fingerprint density at radius 3 is 2.59 bits per heavy atom. The topological polar surface area (TPSA) is 62.5 Å². The highest BCUT2D eigenvalue weighted by Crippen LogP contribution is 2.34. The Morgan fingerprint density at radius 2 is 1.96 bits per heavy atom. The molecule has 2 aromatic rings. The maximum Gasteiger partial charge on any atom is 0.323 e. The SMILES string of the molecule is Cc1cc(C=C2SC(=S)N(CC(=O)O)C2=O)c(C)n1-c1ccc(Cl)c(Cl)c1. The number of nitrogens with zero attached hydrogens (tertiary/aromatic N) is 2. The first-order chi connectivity index (χ1) is 12.7. The standard InChI is InChI=1S/C18H14Cl2N2O3S2/c1-9-5-11(6-15-17(25)21(8-16(23)24)18(26)27-15)10(2)22(9)12-3-4-13(19)14(20)7-12/h3-7H,8H2,1-2H3,(H,23,24). The van der Waals surface area contributed by atoms with Gasteiger partial charge in [-0.15, -0.1) is 0 Å². The van der Waals surface area contributed by atoms with Gasteiger partial charge in [0.2, 0.25) is 0 Å². The number of hydrogen-bond donors (Lipinski definition) is 1. The minimum atomic E-state index is -1.11. The molecule has 1 fully saturated rings. The molecule has 0 aliphatic carbocycles. The van der Waals surface area contributed by atoms with Gasteiger partial charge in [-0.25, -0.2) is 0 Å². The smallest absolute Gasteiger partial charge is 0.323 e. The van der Waals surface area contributed by atoms with Crippen molar-refractivity contribution in [2.24, 2.45) is 0 Å². The predicted molar refractivity (Wildman–Crippen MR) is 113 cm³/mol. The van der Waals surface area contributed by atoms with Crippen molar-refractivity contribution < 1.29 is 14.7 Å². The van der Waals surface area contributed by atoms with Gasteiger partial charge in [0.15, 0.2) is 0 Å². The van der Waals surface area contributed by atoms with E-state index >= 15 is 0 Å². The van der Waals surface area contributed by atoms with E-state index in [-0.39, 0.29) is 4.32 Å². The van der Waals surface area contributed by atoms with Gasteiger partial charge in [-0.05, 0) is 49.8 Å². The van der Waals surface area contributed by atoms with E-state index < -0.39 is 18.4 Å². The maximum atomic E-state index is 12.5. The summed E-state index contributed by atoms with van der Waals surface area (Å²) in [5.74, 6) is -1.50. The number of halogens is 2. The molecule has 0 atom stereocenters. The molecular weight excluding hydrogens is 427 g/mol. The second-order valence-corrected chi connectivity index (χ2v) is 8.41. The zero-order valence-corrected chi connectivity index (χ0v) is 17.5. The Labute approximate surface area is 175 Å². The largest absolute Gasteiger partial charge is 0.480 e. The quantitative estimate of drug-likeness (QED) is 0.551. The van der Waals surface area contributed by atoms with Crippen LogP contribution in [0.4, 0.5) is 0 Å². The van der Waals surface area contributed by atoms with E-state index in [2.05, 4.69) is 0 Å². The molecule has 3 rings (SSSR count). The summed E-state index contributed by atoms with van der Waals surface area (Å²) in [6.45, 7) is 3.44. The Kier molecular flexibility index (Phi) is 5.67. The van der Waals surface area contributed by atoms with E-state index in [0.717, 1.165) is 39.3 Å². The van der Waals surface area contributed by atoms with E-state index in [9.17, 15) is 9.59 Å². The predicted octanol–water partition coefficient (Wildman–Crippen LogP) is 4.69. The Balaban J connectivity index is 1.99. The van der Waals surface area contributed by atoms with Crippen molar-refractivity contribution in [2.75, 3.05) is 6.54 Å². The fourth-order valence-corrected chi connectivity index (χ4v) is 4.41. The number of aryl methyl sites for hydroxylation is 1. The average Bonchev–Trinajstić information content (AvgIpc) is 3.01. The van der Waals surface area contributed by atoms with Gasteiger partial charge in [-0.3, -0.25) is 14.5 Å². The molecule has 2 heterocycles. The fourth-order valence-electron chi connectivity index (χ4n) is 2.87. The van der Waals surface area contributed by atoms with Crippen molar-refractivity contribution in [1.29, 1.82) is 0 Å². The first-order valence-electron chi connectivity index (χ1n) is 7.80. The van der Waals surface area contributed by atoms with Gasteiger partial charge in [0.05, 0.1) is 15.0 Å². The number of benzene rings is 1. The maximum absolute atomic E-state index is 12.5. The van der Waals surface area contributed by atoms with Gasteiger partial charge in [-0.2, -0.15) is 0 Å². The zero-order valence-electron chi connectivity index (χ0n) is 14.3. The average molecular weight is 441 g/mol. The molecule has 1 amide bonds. The van der Waals surface area contributed by atoms with Gasteiger partial charge >= 0.3 is 5.97 Å². The van der Waals surface area contributed by atoms with Crippen LogP contribution in [0.1, 0.15) is 17.0 Å². The van der Waals surface area contributed by atoms with Crippen molar-refractivity contribution in [3.05, 3.63) is 56.2 Å². The van der Waals surface area contributed by atoms with Gasteiger partial charge in [0.25, 0.3) is 5.91 Å². The van der Waals surface area contributed by atoms with Crippen LogP contribution < -0.4 is 0 Å². The molecular formula is C18H14Cl2N2O3S2. The molecule has 1 N–H and O–H groups in total. The van der Waals surface area contributed by atoms with E-state index in [4.69, 9.17) is 40.5 Å². The molecule has 0 unspecified atom stereocenters. The van der Waals surface area contributed by atoms with Crippen molar-refractivity contribution in [1.82, 2.24) is 9.47 Å². The molecule has 9 heteroatoms. The van der Waals surface area contributed by atoms with Gasteiger partial charge < -0.3 is 9.67 Å². The second kappa shape index (κ2) is 7.67. The number of carboxylic acid groups (broad SMARTS) is 1. The highest BCUT2D eigenvalue weighted by Gasteiger charge is 2.33. The third-order valence-corrected chi connectivity index (χ3v) is 6.20. The van der Waals surface area contributed by atoms with E-state index in [1.807, 2.05) is 30.5 Å². The van der Waals surface area contributed by atoms with Crippen LogP contribution in [-0.4, -0.2) is 37.3 Å². The third-order valence-electron chi connectivity index (χ3n) is 4.09. The number of hydrogen-bond acceptors (Lipinski definition) is 4. The van der Waals surface area contributed by atoms with Gasteiger partial charge in [0.1, 0.15) is 10.9 Å². The number of thiocarbonyl (C=S) groups is 1. The minimum Gasteiger partial charge on any atom is -0.480 e. The van der Waals surface area contributed by atoms with Crippen molar-refractivity contribution >= 4 is 69.5 Å². The summed E-state index contributed by atoms with van der Waals surface area (Å²) in [5, 5.41) is 9.86. The summed E-state index contributed by atoms with van der Waals surface area (Å²) in [7, 11) is 0. The van der Waals surface area contributed by atoms with Crippen LogP contribution in [0.2, 0.25) is 10.0 Å². The summed E-state index contributed by atoms with van der Waals surface area (Å²) in [4.78, 5) is 24.9. The lowest BCUT2D eigenvalue weighted by Crippen LogP contribution is -2.33. The molecule has 1 aliphatic heterocycles. The summed E-state index contributed by atoms with van der Waals surface area (Å²) in [5.41, 5.74) is 3.57. The normalized spacial score (nSPS) is 15.9. The molecule has 140 valence electrons. The van der Waals surface area contributed by atoms with Crippen molar-refractivity contribution in [3.63, 3.8) is 0 Å². The zero-order chi connectivity index (χ0) is 19.9. The van der Waals surface area contributed by atoms with E-state index in [1.54, 1.807) is 18.2 Å². The number of amides is 1. The fraction of sp³-hybridized carbons (Fsp3) is 0.167. The molecule has 0 radical (unpaired) electrons. The summed E-state index contributed by atoms with van der Waals surface area (Å²) in [6.07, 6.45) is 1.73. The highest BCUT2D eigenvalue weighted by molar-refractivity contribution is 8.26. The van der Waals surface area contributed by atoms with Gasteiger partial charge in [-0.1, -0.05) is 47.2 Å². The Hall–Kier alpha value is -1.80. The molecule has 0 saturated carbocycles. The summed E-state index contributed by atoms with van der Waals surface area (Å²) < 4.78 is 2.25. The number of carboxylic acids is 1. The molecule has 27 heavy (non-hydrogen) atoms. The van der Waals surface area contributed by atoms with Crippen LogP contribution in [0.15, 0.2) is 29.2 Å². The molecule has 0 spiro atoms. The lowest BCUT2D eigenvalue weighted by molar-refractivity contribution is -0.140. The molecule has 1 aliphatic rings. The summed E-state index contributed by atoms with van der Waals surface area (Å²) >= 11 is 18.4. The van der Waals surface area contributed by atoms with Gasteiger partial charge in [0, 0.05) is 17.1 Å².